The first-order chi connectivity index (χ1) is 10.2. The number of nitro benzene ring substituents is 1. The minimum Gasteiger partial charge on any atom is -0.366 e. The van der Waals surface area contributed by atoms with Gasteiger partial charge in [0, 0.05) is 25.2 Å². The molecule has 2 N–H and O–H groups in total. The van der Waals surface area contributed by atoms with Crippen LogP contribution in [0.3, 0.4) is 0 Å². The van der Waals surface area contributed by atoms with Gasteiger partial charge in [0.1, 0.15) is 5.69 Å². The van der Waals surface area contributed by atoms with Crippen LogP contribution in [0.1, 0.15) is 25.3 Å². The van der Waals surface area contributed by atoms with E-state index in [-0.39, 0.29) is 17.6 Å². The van der Waals surface area contributed by atoms with Crippen LogP contribution in [0, 0.1) is 16.0 Å². The van der Waals surface area contributed by atoms with E-state index in [2.05, 4.69) is 0 Å². The van der Waals surface area contributed by atoms with Gasteiger partial charge < -0.3 is 10.6 Å². The Morgan fingerprint density at radius 3 is 2.68 bits per heavy atom. The monoisotopic (exact) mass is 317 g/mol. The van der Waals surface area contributed by atoms with E-state index in [4.69, 9.17) is 5.73 Å². The van der Waals surface area contributed by atoms with E-state index in [9.17, 15) is 23.3 Å². The maximum atomic E-state index is 12.7. The van der Waals surface area contributed by atoms with Crippen LogP contribution in [-0.4, -0.2) is 24.1 Å². The Labute approximate surface area is 126 Å². The molecule has 1 fully saturated rings. The number of anilines is 1. The summed E-state index contributed by atoms with van der Waals surface area (Å²) in [6.07, 6.45) is -2.87. The van der Waals surface area contributed by atoms with Crippen molar-refractivity contribution in [2.75, 3.05) is 18.0 Å². The van der Waals surface area contributed by atoms with Crippen LogP contribution in [0.2, 0.25) is 0 Å². The van der Waals surface area contributed by atoms with E-state index in [0.29, 0.717) is 19.2 Å². The SMILES string of the molecule is CC(N)C1CCCN(c2ccc(C(F)(F)F)cc2[N+](=O)[O-])C1. The molecule has 0 saturated carbocycles. The average molecular weight is 317 g/mol. The van der Waals surface area contributed by atoms with Gasteiger partial charge in [-0.05, 0) is 37.8 Å². The zero-order chi connectivity index (χ0) is 16.5. The van der Waals surface area contributed by atoms with Crippen LogP contribution in [0.25, 0.3) is 0 Å². The van der Waals surface area contributed by atoms with Crippen LogP contribution in [0.5, 0.6) is 0 Å². The maximum absolute atomic E-state index is 12.7. The molecule has 2 atom stereocenters. The van der Waals surface area contributed by atoms with Gasteiger partial charge in [-0.2, -0.15) is 13.2 Å². The first-order valence-electron chi connectivity index (χ1n) is 7.06. The Bertz CT molecular complexity index is 561. The Hall–Kier alpha value is -1.83. The Morgan fingerprint density at radius 1 is 1.45 bits per heavy atom. The zero-order valence-electron chi connectivity index (χ0n) is 12.1. The number of hydrogen-bond donors (Lipinski definition) is 1. The average Bonchev–Trinajstić information content (AvgIpc) is 2.45. The number of hydrogen-bond acceptors (Lipinski definition) is 4. The minimum absolute atomic E-state index is 0.0590. The van der Waals surface area contributed by atoms with Gasteiger partial charge in [0.15, 0.2) is 0 Å². The molecule has 0 bridgehead atoms. The van der Waals surface area contributed by atoms with Gasteiger partial charge in [-0.3, -0.25) is 10.1 Å². The van der Waals surface area contributed by atoms with Gasteiger partial charge in [-0.1, -0.05) is 0 Å². The summed E-state index contributed by atoms with van der Waals surface area (Å²) in [6, 6.07) is 2.61. The number of nitrogens with two attached hydrogens (primary N) is 1. The second kappa shape index (κ2) is 6.12. The number of nitro groups is 1. The molecule has 1 saturated heterocycles. The lowest BCUT2D eigenvalue weighted by Gasteiger charge is -2.35. The van der Waals surface area contributed by atoms with E-state index in [1.165, 1.54) is 6.07 Å². The molecule has 0 amide bonds. The van der Waals surface area contributed by atoms with Crippen molar-refractivity contribution in [3.63, 3.8) is 0 Å². The van der Waals surface area contributed by atoms with Crippen LogP contribution in [0.15, 0.2) is 18.2 Å². The fourth-order valence-electron chi connectivity index (χ4n) is 2.77. The zero-order valence-corrected chi connectivity index (χ0v) is 12.1. The lowest BCUT2D eigenvalue weighted by atomic mass is 9.91. The van der Waals surface area contributed by atoms with Crippen molar-refractivity contribution in [3.05, 3.63) is 33.9 Å². The van der Waals surface area contributed by atoms with Crippen molar-refractivity contribution in [1.82, 2.24) is 0 Å². The number of piperidine rings is 1. The van der Waals surface area contributed by atoms with Gasteiger partial charge in [-0.25, -0.2) is 0 Å². The van der Waals surface area contributed by atoms with Gasteiger partial charge in [0.05, 0.1) is 10.5 Å². The van der Waals surface area contributed by atoms with E-state index < -0.39 is 22.4 Å². The third kappa shape index (κ3) is 3.49. The van der Waals surface area contributed by atoms with Gasteiger partial charge in [-0.15, -0.1) is 0 Å². The third-order valence-corrected chi connectivity index (χ3v) is 4.04. The highest BCUT2D eigenvalue weighted by Gasteiger charge is 2.34. The van der Waals surface area contributed by atoms with Crippen LogP contribution in [-0.2, 0) is 6.18 Å². The van der Waals surface area contributed by atoms with E-state index >= 15 is 0 Å². The molecule has 5 nitrogen and oxygen atoms in total. The highest BCUT2D eigenvalue weighted by molar-refractivity contribution is 5.65. The molecule has 8 heteroatoms. The smallest absolute Gasteiger partial charge is 0.366 e. The molecular formula is C14H18F3N3O2. The van der Waals surface area contributed by atoms with Gasteiger partial charge in [0.25, 0.3) is 5.69 Å². The summed E-state index contributed by atoms with van der Waals surface area (Å²) in [6.45, 7) is 2.97. The molecule has 0 aromatic heterocycles. The van der Waals surface area contributed by atoms with Crippen molar-refractivity contribution >= 4 is 11.4 Å². The second-order valence-corrected chi connectivity index (χ2v) is 5.67. The Morgan fingerprint density at radius 2 is 2.14 bits per heavy atom. The molecule has 1 aromatic rings. The first-order valence-corrected chi connectivity index (χ1v) is 7.06. The summed E-state index contributed by atoms with van der Waals surface area (Å²) in [5, 5.41) is 11.1. The molecule has 1 aliphatic rings. The number of nitrogens with zero attached hydrogens (tertiary/aromatic N) is 2. The van der Waals surface area contributed by atoms with Crippen LogP contribution in [0.4, 0.5) is 24.5 Å². The molecule has 22 heavy (non-hydrogen) atoms. The fourth-order valence-corrected chi connectivity index (χ4v) is 2.77. The predicted octanol–water partition coefficient (Wildman–Crippen LogP) is 3.18. The molecule has 2 unspecified atom stereocenters. The molecule has 1 aromatic carbocycles. The molecule has 1 aliphatic heterocycles. The van der Waals surface area contributed by atoms with Crippen molar-refractivity contribution in [1.29, 1.82) is 0 Å². The summed E-state index contributed by atoms with van der Waals surface area (Å²) >= 11 is 0. The summed E-state index contributed by atoms with van der Waals surface area (Å²) < 4.78 is 38.2. The Balaban J connectivity index is 2.36. The summed E-state index contributed by atoms with van der Waals surface area (Å²) in [4.78, 5) is 12.1. The third-order valence-electron chi connectivity index (χ3n) is 4.04. The van der Waals surface area contributed by atoms with Gasteiger partial charge >= 0.3 is 6.18 Å². The summed E-state index contributed by atoms with van der Waals surface area (Å²) in [5.41, 5.74) is 4.58. The lowest BCUT2D eigenvalue weighted by molar-refractivity contribution is -0.384. The Kier molecular flexibility index (Phi) is 4.60. The lowest BCUT2D eigenvalue weighted by Crippen LogP contribution is -2.42. The number of rotatable bonds is 3. The van der Waals surface area contributed by atoms with E-state index in [1.54, 1.807) is 4.90 Å². The highest BCUT2D eigenvalue weighted by atomic mass is 19.4. The molecule has 122 valence electrons. The van der Waals surface area contributed by atoms with Crippen molar-refractivity contribution in [3.8, 4) is 0 Å². The predicted molar refractivity (Wildman–Crippen MR) is 76.7 cm³/mol. The number of benzene rings is 1. The fraction of sp³-hybridized carbons (Fsp3) is 0.571. The van der Waals surface area contributed by atoms with E-state index in [1.807, 2.05) is 6.92 Å². The second-order valence-electron chi connectivity index (χ2n) is 5.67. The van der Waals surface area contributed by atoms with Crippen molar-refractivity contribution in [2.24, 2.45) is 11.7 Å². The molecule has 0 radical (unpaired) electrons. The van der Waals surface area contributed by atoms with Crippen LogP contribution >= 0.6 is 0 Å². The standard InChI is InChI=1S/C14H18F3N3O2/c1-9(18)10-3-2-6-19(8-10)12-5-4-11(14(15,16)17)7-13(12)20(21)22/h4-5,7,9-10H,2-3,6,8,18H2,1H3. The molecule has 2 rings (SSSR count). The number of halogens is 3. The summed E-state index contributed by atoms with van der Waals surface area (Å²) in [7, 11) is 0. The van der Waals surface area contributed by atoms with Gasteiger partial charge in [0.2, 0.25) is 0 Å². The maximum Gasteiger partial charge on any atom is 0.416 e. The molecule has 0 aliphatic carbocycles. The van der Waals surface area contributed by atoms with Crippen molar-refractivity contribution < 1.29 is 18.1 Å². The van der Waals surface area contributed by atoms with Crippen molar-refractivity contribution in [2.45, 2.75) is 32.0 Å². The number of alkyl halides is 3. The largest absolute Gasteiger partial charge is 0.416 e. The molecular weight excluding hydrogens is 299 g/mol. The van der Waals surface area contributed by atoms with E-state index in [0.717, 1.165) is 18.9 Å². The minimum atomic E-state index is -4.60. The quantitative estimate of drug-likeness (QED) is 0.686. The topological polar surface area (TPSA) is 72.4 Å². The highest BCUT2D eigenvalue weighted by Crippen LogP contribution is 2.37. The summed E-state index contributed by atoms with van der Waals surface area (Å²) in [5.74, 6) is 0.177. The molecule has 0 spiro atoms. The normalized spacial score (nSPS) is 20.8. The first kappa shape index (κ1) is 16.5. The molecule has 1 heterocycles. The van der Waals surface area contributed by atoms with Crippen LogP contribution < -0.4 is 10.6 Å².